The monoisotopic (exact) mass is 866 g/mol. The second-order valence-corrected chi connectivity index (χ2v) is 17.1. The number of unbranched alkanes of at least 4 members (excludes halogenated alkanes) is 15. The SMILES string of the molecule is CC/C=C/C/C=C/C=C/C(O)CCCCCCCC(=O)O[C@H](COC(=O)CCCCCCC/C=C\CCCCCCCC)COP(=O)(O)OC[C@@H](O)COP(=O)(O)O. The van der Waals surface area contributed by atoms with Gasteiger partial charge in [0.25, 0.3) is 0 Å². The highest BCUT2D eigenvalue weighted by atomic mass is 31.2. The van der Waals surface area contributed by atoms with Crippen molar-refractivity contribution < 1.29 is 66.7 Å². The smallest absolute Gasteiger partial charge is 0.462 e. The molecular weight excluding hydrogens is 790 g/mol. The fraction of sp³-hybridized carbons (Fsp3) is 0.762. The number of hydrogen-bond donors (Lipinski definition) is 5. The fourth-order valence-electron chi connectivity index (χ4n) is 5.53. The Hall–Kier alpha value is -1.96. The van der Waals surface area contributed by atoms with Gasteiger partial charge in [-0.05, 0) is 57.8 Å². The van der Waals surface area contributed by atoms with Crippen molar-refractivity contribution in [3.05, 3.63) is 48.6 Å². The van der Waals surface area contributed by atoms with E-state index in [9.17, 15) is 33.8 Å². The minimum atomic E-state index is -4.88. The molecule has 0 aliphatic carbocycles. The number of rotatable bonds is 40. The number of ether oxygens (including phenoxy) is 2. The lowest BCUT2D eigenvalue weighted by Gasteiger charge is -2.20. The van der Waals surface area contributed by atoms with Crippen LogP contribution in [0.4, 0.5) is 0 Å². The molecule has 16 heteroatoms. The Kier molecular flexibility index (Phi) is 36.7. The summed E-state index contributed by atoms with van der Waals surface area (Å²) in [6.45, 7) is 1.50. The Labute approximate surface area is 348 Å². The van der Waals surface area contributed by atoms with Crippen molar-refractivity contribution in [2.45, 2.75) is 180 Å². The summed E-state index contributed by atoms with van der Waals surface area (Å²) in [7, 11) is -9.71. The maximum absolute atomic E-state index is 12.7. The lowest BCUT2D eigenvalue weighted by Crippen LogP contribution is -2.30. The van der Waals surface area contributed by atoms with Gasteiger partial charge in [-0.25, -0.2) is 9.13 Å². The van der Waals surface area contributed by atoms with E-state index in [1.165, 1.54) is 38.5 Å². The molecule has 2 unspecified atom stereocenters. The van der Waals surface area contributed by atoms with Crippen molar-refractivity contribution in [3.8, 4) is 0 Å². The first kappa shape index (κ1) is 56.0. The van der Waals surface area contributed by atoms with Gasteiger partial charge in [0.15, 0.2) is 6.10 Å². The first-order valence-corrected chi connectivity index (χ1v) is 24.5. The minimum absolute atomic E-state index is 0.0591. The van der Waals surface area contributed by atoms with Gasteiger partial charge in [0.05, 0.1) is 25.9 Å². The van der Waals surface area contributed by atoms with Crippen LogP contribution in [0.1, 0.15) is 162 Å². The van der Waals surface area contributed by atoms with Crippen LogP contribution in [0.25, 0.3) is 0 Å². The summed E-state index contributed by atoms with van der Waals surface area (Å²) >= 11 is 0. The molecule has 0 amide bonds. The maximum atomic E-state index is 12.7. The highest BCUT2D eigenvalue weighted by molar-refractivity contribution is 7.47. The number of carbonyl (C=O) groups is 2. The molecule has 58 heavy (non-hydrogen) atoms. The second-order valence-electron chi connectivity index (χ2n) is 14.4. The van der Waals surface area contributed by atoms with Gasteiger partial charge in [0.1, 0.15) is 12.7 Å². The van der Waals surface area contributed by atoms with Crippen molar-refractivity contribution in [3.63, 3.8) is 0 Å². The number of aliphatic hydroxyl groups excluding tert-OH is 2. The average Bonchev–Trinajstić information content (AvgIpc) is 3.17. The first-order chi connectivity index (χ1) is 27.8. The summed E-state index contributed by atoms with van der Waals surface area (Å²) in [6.07, 6.45) is 34.1. The van der Waals surface area contributed by atoms with Crippen LogP contribution in [0.15, 0.2) is 48.6 Å². The molecule has 0 saturated carbocycles. The molecule has 0 spiro atoms. The molecule has 338 valence electrons. The Morgan fingerprint density at radius 2 is 1.14 bits per heavy atom. The molecule has 0 heterocycles. The van der Waals surface area contributed by atoms with Crippen LogP contribution >= 0.6 is 15.6 Å². The van der Waals surface area contributed by atoms with E-state index >= 15 is 0 Å². The minimum Gasteiger partial charge on any atom is -0.462 e. The predicted molar refractivity (Wildman–Crippen MR) is 227 cm³/mol. The number of hydrogen-bond acceptors (Lipinski definition) is 11. The average molecular weight is 867 g/mol. The normalized spacial score (nSPS) is 15.1. The number of allylic oxidation sites excluding steroid dienone is 7. The van der Waals surface area contributed by atoms with Crippen LogP contribution in [0.3, 0.4) is 0 Å². The van der Waals surface area contributed by atoms with Crippen LogP contribution in [-0.4, -0.2) is 81.6 Å². The number of carbonyl (C=O) groups excluding carboxylic acids is 2. The zero-order chi connectivity index (χ0) is 43.2. The maximum Gasteiger partial charge on any atom is 0.472 e. The predicted octanol–water partition coefficient (Wildman–Crippen LogP) is 9.64. The van der Waals surface area contributed by atoms with Crippen LogP contribution in [0, 0.1) is 0 Å². The summed E-state index contributed by atoms with van der Waals surface area (Å²) < 4.78 is 47.7. The van der Waals surface area contributed by atoms with Gasteiger partial charge in [-0.3, -0.25) is 23.2 Å². The Morgan fingerprint density at radius 3 is 1.76 bits per heavy atom. The molecule has 0 bridgehead atoms. The first-order valence-electron chi connectivity index (χ1n) is 21.4. The molecule has 0 aromatic carbocycles. The Morgan fingerprint density at radius 1 is 0.586 bits per heavy atom. The number of aliphatic hydroxyl groups is 2. The van der Waals surface area contributed by atoms with Crippen LogP contribution in [0.5, 0.6) is 0 Å². The quantitative estimate of drug-likeness (QED) is 0.0127. The van der Waals surface area contributed by atoms with Crippen molar-refractivity contribution in [1.82, 2.24) is 0 Å². The van der Waals surface area contributed by atoms with Crippen LogP contribution in [0.2, 0.25) is 0 Å². The van der Waals surface area contributed by atoms with E-state index in [4.69, 9.17) is 23.8 Å². The molecule has 0 aliphatic heterocycles. The molecule has 0 fully saturated rings. The van der Waals surface area contributed by atoms with E-state index in [0.29, 0.717) is 19.3 Å². The van der Waals surface area contributed by atoms with E-state index < -0.39 is 72.3 Å². The second kappa shape index (κ2) is 38.0. The Bertz CT molecular complexity index is 1230. The van der Waals surface area contributed by atoms with Crippen molar-refractivity contribution in [2.24, 2.45) is 0 Å². The molecule has 0 radical (unpaired) electrons. The summed E-state index contributed by atoms with van der Waals surface area (Å²) in [5, 5.41) is 19.9. The molecule has 14 nitrogen and oxygen atoms in total. The van der Waals surface area contributed by atoms with Crippen LogP contribution < -0.4 is 0 Å². The molecule has 5 N–H and O–H groups in total. The largest absolute Gasteiger partial charge is 0.472 e. The molecule has 0 saturated heterocycles. The van der Waals surface area contributed by atoms with E-state index in [0.717, 1.165) is 77.0 Å². The molecule has 0 aliphatic rings. The van der Waals surface area contributed by atoms with E-state index in [1.54, 1.807) is 6.08 Å². The summed E-state index contributed by atoms with van der Waals surface area (Å²) in [6, 6.07) is 0. The lowest BCUT2D eigenvalue weighted by molar-refractivity contribution is -0.161. The van der Waals surface area contributed by atoms with Gasteiger partial charge in [-0.2, -0.15) is 0 Å². The van der Waals surface area contributed by atoms with E-state index in [-0.39, 0.29) is 12.8 Å². The van der Waals surface area contributed by atoms with Crippen LogP contribution in [-0.2, 0) is 41.8 Å². The van der Waals surface area contributed by atoms with Gasteiger partial charge >= 0.3 is 27.6 Å². The molecular formula is C42H76O14P2. The third kappa shape index (κ3) is 40.8. The molecule has 0 rings (SSSR count). The van der Waals surface area contributed by atoms with Gasteiger partial charge < -0.3 is 34.4 Å². The van der Waals surface area contributed by atoms with E-state index in [2.05, 4.69) is 47.2 Å². The summed E-state index contributed by atoms with van der Waals surface area (Å²) in [4.78, 5) is 52.6. The van der Waals surface area contributed by atoms with Crippen molar-refractivity contribution >= 4 is 27.6 Å². The molecule has 0 aromatic rings. The Balaban J connectivity index is 4.63. The van der Waals surface area contributed by atoms with Gasteiger partial charge in [-0.15, -0.1) is 0 Å². The number of esters is 2. The van der Waals surface area contributed by atoms with Crippen molar-refractivity contribution in [2.75, 3.05) is 26.4 Å². The highest BCUT2D eigenvalue weighted by Crippen LogP contribution is 2.43. The highest BCUT2D eigenvalue weighted by Gasteiger charge is 2.28. The zero-order valence-corrected chi connectivity index (χ0v) is 37.0. The van der Waals surface area contributed by atoms with E-state index in [1.807, 2.05) is 18.2 Å². The molecule has 4 atom stereocenters. The van der Waals surface area contributed by atoms with Crippen molar-refractivity contribution in [1.29, 1.82) is 0 Å². The third-order valence-corrected chi connectivity index (χ3v) is 10.2. The summed E-state index contributed by atoms with van der Waals surface area (Å²) in [5.41, 5.74) is 0. The summed E-state index contributed by atoms with van der Waals surface area (Å²) in [5.74, 6) is -1.12. The number of phosphoric acid groups is 2. The fourth-order valence-corrected chi connectivity index (χ4v) is 6.68. The zero-order valence-electron chi connectivity index (χ0n) is 35.2. The van der Waals surface area contributed by atoms with Gasteiger partial charge in [0, 0.05) is 12.8 Å². The lowest BCUT2D eigenvalue weighted by atomic mass is 10.1. The molecule has 0 aromatic heterocycles. The number of phosphoric ester groups is 2. The standard InChI is InChI=1S/C42H76O14P2/c1-3-5-7-9-11-12-13-14-15-16-17-18-20-24-28-32-41(45)52-36-40(37-55-58(50,51)54-35-39(44)34-53-57(47,48)49)56-42(46)33-29-25-21-23-27-31-38(43)30-26-22-19-10-8-6-4-2/h6,8,14-15,19,22,26,30,38-40,43-44H,3-5,7,9-13,16-18,20-21,23-25,27-29,31-37H2,1-2H3,(H,50,51)(H2,47,48,49)/b8-6+,15-14-,22-19+,30-26+/t38?,39-,40+/m0/s1. The topological polar surface area (TPSA) is 216 Å². The van der Waals surface area contributed by atoms with Gasteiger partial charge in [0.2, 0.25) is 0 Å². The third-order valence-electron chi connectivity index (χ3n) is 8.80. The van der Waals surface area contributed by atoms with Gasteiger partial charge in [-0.1, -0.05) is 140 Å².